The van der Waals surface area contributed by atoms with Crippen LogP contribution in [0.1, 0.15) is 18.4 Å². The molecule has 1 atom stereocenters. The summed E-state index contributed by atoms with van der Waals surface area (Å²) >= 11 is 0. The zero-order chi connectivity index (χ0) is 15.9. The molecule has 0 fully saturated rings. The maximum Gasteiger partial charge on any atom is 0.146 e. The second kappa shape index (κ2) is 13.2. The molecule has 0 saturated heterocycles. The minimum absolute atomic E-state index is 0.0837. The van der Waals surface area contributed by atoms with Crippen molar-refractivity contribution in [1.82, 2.24) is 0 Å². The van der Waals surface area contributed by atoms with Gasteiger partial charge in [-0.05, 0) is 12.0 Å². The van der Waals surface area contributed by atoms with Gasteiger partial charge in [0.1, 0.15) is 6.79 Å². The molecule has 0 spiro atoms. The van der Waals surface area contributed by atoms with Crippen LogP contribution in [0.3, 0.4) is 0 Å². The predicted octanol–water partition coefficient (Wildman–Crippen LogP) is 3.08. The van der Waals surface area contributed by atoms with E-state index >= 15 is 0 Å². The highest BCUT2D eigenvalue weighted by Gasteiger charge is 2.04. The second-order valence-corrected chi connectivity index (χ2v) is 4.76. The number of ether oxygens (including phenoxy) is 3. The molecule has 1 aromatic rings. The molecule has 0 aliphatic heterocycles. The van der Waals surface area contributed by atoms with Crippen molar-refractivity contribution in [2.45, 2.75) is 25.6 Å². The number of hydrogen-bond donors (Lipinski definition) is 1. The third kappa shape index (κ3) is 9.47. The third-order valence-electron chi connectivity index (χ3n) is 2.92. The maximum atomic E-state index is 9.10. The zero-order valence-corrected chi connectivity index (χ0v) is 13.2. The summed E-state index contributed by atoms with van der Waals surface area (Å²) in [6.07, 6.45) is 9.25. The van der Waals surface area contributed by atoms with E-state index in [2.05, 4.69) is 0 Å². The average molecular weight is 306 g/mol. The van der Waals surface area contributed by atoms with Gasteiger partial charge in [0.05, 0.1) is 19.3 Å². The lowest BCUT2D eigenvalue weighted by Gasteiger charge is -2.12. The first kappa shape index (κ1) is 18.6. The predicted molar refractivity (Wildman–Crippen MR) is 87.4 cm³/mol. The van der Waals surface area contributed by atoms with Crippen LogP contribution in [0.15, 0.2) is 54.6 Å². The Kier molecular flexibility index (Phi) is 11.2. The van der Waals surface area contributed by atoms with Crippen LogP contribution in [-0.2, 0) is 20.8 Å². The third-order valence-corrected chi connectivity index (χ3v) is 2.92. The van der Waals surface area contributed by atoms with E-state index in [-0.39, 0.29) is 12.7 Å². The van der Waals surface area contributed by atoms with E-state index in [0.29, 0.717) is 26.4 Å². The van der Waals surface area contributed by atoms with Crippen LogP contribution >= 0.6 is 0 Å². The van der Waals surface area contributed by atoms with Crippen LogP contribution in [0.5, 0.6) is 0 Å². The Morgan fingerprint density at radius 3 is 2.73 bits per heavy atom. The van der Waals surface area contributed by atoms with Crippen molar-refractivity contribution in [2.24, 2.45) is 0 Å². The van der Waals surface area contributed by atoms with Gasteiger partial charge in [0, 0.05) is 20.1 Å². The normalized spacial score (nSPS) is 13.2. The number of benzene rings is 1. The summed E-state index contributed by atoms with van der Waals surface area (Å²) in [5.74, 6) is 0. The summed E-state index contributed by atoms with van der Waals surface area (Å²) in [5, 5.41) is 9.10. The number of methoxy groups -OCH3 is 1. The van der Waals surface area contributed by atoms with E-state index in [1.807, 2.05) is 54.6 Å². The largest absolute Gasteiger partial charge is 0.396 e. The fraction of sp³-hybridized carbons (Fsp3) is 0.444. The van der Waals surface area contributed by atoms with Gasteiger partial charge in [0.15, 0.2) is 0 Å². The smallest absolute Gasteiger partial charge is 0.146 e. The van der Waals surface area contributed by atoms with Gasteiger partial charge in [-0.2, -0.15) is 0 Å². The van der Waals surface area contributed by atoms with Crippen molar-refractivity contribution in [2.75, 3.05) is 27.1 Å². The fourth-order valence-corrected chi connectivity index (χ4v) is 1.80. The summed E-state index contributed by atoms with van der Waals surface area (Å²) in [4.78, 5) is 0. The molecule has 1 N–H and O–H groups in total. The molecule has 0 unspecified atom stereocenters. The van der Waals surface area contributed by atoms with Crippen molar-refractivity contribution in [3.05, 3.63) is 60.2 Å². The molecule has 1 rings (SSSR count). The van der Waals surface area contributed by atoms with Crippen molar-refractivity contribution in [3.8, 4) is 0 Å². The molecule has 0 heterocycles. The molecule has 0 saturated carbocycles. The first-order chi connectivity index (χ1) is 10.9. The van der Waals surface area contributed by atoms with Gasteiger partial charge in [-0.3, -0.25) is 0 Å². The quantitative estimate of drug-likeness (QED) is 0.366. The number of rotatable bonds is 12. The molecule has 0 aliphatic rings. The summed E-state index contributed by atoms with van der Waals surface area (Å²) in [5.41, 5.74) is 1.13. The van der Waals surface area contributed by atoms with Crippen molar-refractivity contribution in [3.63, 3.8) is 0 Å². The minimum atomic E-state index is -0.0837. The molecule has 0 amide bonds. The summed E-state index contributed by atoms with van der Waals surface area (Å²) in [7, 11) is 1.61. The van der Waals surface area contributed by atoms with E-state index in [0.717, 1.165) is 12.0 Å². The molecule has 1 aromatic carbocycles. The second-order valence-electron chi connectivity index (χ2n) is 4.76. The molecule has 122 valence electrons. The average Bonchev–Trinajstić information content (AvgIpc) is 2.56. The summed E-state index contributed by atoms with van der Waals surface area (Å²) in [6, 6.07) is 10.0. The van der Waals surface area contributed by atoms with Crippen LogP contribution < -0.4 is 0 Å². The topological polar surface area (TPSA) is 47.9 Å². The van der Waals surface area contributed by atoms with Gasteiger partial charge in [-0.25, -0.2) is 0 Å². The number of allylic oxidation sites excluding steroid dienone is 2. The Labute approximate surface area is 133 Å². The lowest BCUT2D eigenvalue weighted by molar-refractivity contribution is -0.0285. The first-order valence-corrected chi connectivity index (χ1v) is 7.53. The molecule has 4 nitrogen and oxygen atoms in total. The minimum Gasteiger partial charge on any atom is -0.396 e. The SMILES string of the molecule is COCOCC/C=C/C=C/[C@H](CCO)OCc1ccccc1. The molecule has 0 bridgehead atoms. The molecule has 0 aliphatic carbocycles. The van der Waals surface area contributed by atoms with Crippen LogP contribution in [0.25, 0.3) is 0 Å². The molecular weight excluding hydrogens is 280 g/mol. The van der Waals surface area contributed by atoms with Gasteiger partial charge in [0.25, 0.3) is 0 Å². The standard InChI is InChI=1S/C18H26O4/c1-20-16-21-14-8-3-2-7-11-18(12-13-19)22-15-17-9-5-4-6-10-17/h2-7,9-11,18-19H,8,12-16H2,1H3/b3-2+,11-7+/t18-/m1/s1. The van der Waals surface area contributed by atoms with Crippen LogP contribution in [0, 0.1) is 0 Å². The van der Waals surface area contributed by atoms with Crippen molar-refractivity contribution >= 4 is 0 Å². The van der Waals surface area contributed by atoms with E-state index in [1.165, 1.54) is 0 Å². The molecule has 4 heteroatoms. The van der Waals surface area contributed by atoms with E-state index < -0.39 is 0 Å². The Morgan fingerprint density at radius 1 is 1.18 bits per heavy atom. The molecule has 0 aromatic heterocycles. The highest BCUT2D eigenvalue weighted by Crippen LogP contribution is 2.07. The van der Waals surface area contributed by atoms with E-state index in [9.17, 15) is 0 Å². The Bertz CT molecular complexity index is 414. The Balaban J connectivity index is 2.27. The van der Waals surface area contributed by atoms with E-state index in [1.54, 1.807) is 7.11 Å². The number of hydrogen-bond acceptors (Lipinski definition) is 4. The monoisotopic (exact) mass is 306 g/mol. The summed E-state index contributed by atoms with van der Waals surface area (Å²) < 4.78 is 15.8. The Morgan fingerprint density at radius 2 is 2.00 bits per heavy atom. The first-order valence-electron chi connectivity index (χ1n) is 7.53. The maximum absolute atomic E-state index is 9.10. The van der Waals surface area contributed by atoms with Gasteiger partial charge in [-0.15, -0.1) is 0 Å². The molecule has 0 radical (unpaired) electrons. The highest BCUT2D eigenvalue weighted by atomic mass is 16.7. The van der Waals surface area contributed by atoms with E-state index in [4.69, 9.17) is 19.3 Å². The lowest BCUT2D eigenvalue weighted by Crippen LogP contribution is -2.11. The van der Waals surface area contributed by atoms with Crippen molar-refractivity contribution < 1.29 is 19.3 Å². The molecular formula is C18H26O4. The number of aliphatic hydroxyl groups is 1. The lowest BCUT2D eigenvalue weighted by atomic mass is 10.2. The Hall–Kier alpha value is -1.46. The van der Waals surface area contributed by atoms with Gasteiger partial charge in [-0.1, -0.05) is 54.6 Å². The summed E-state index contributed by atoms with van der Waals surface area (Å²) in [6.45, 7) is 1.63. The van der Waals surface area contributed by atoms with Gasteiger partial charge >= 0.3 is 0 Å². The van der Waals surface area contributed by atoms with Crippen LogP contribution in [0.2, 0.25) is 0 Å². The van der Waals surface area contributed by atoms with Crippen LogP contribution in [0.4, 0.5) is 0 Å². The van der Waals surface area contributed by atoms with Crippen molar-refractivity contribution in [1.29, 1.82) is 0 Å². The number of aliphatic hydroxyl groups excluding tert-OH is 1. The zero-order valence-electron chi connectivity index (χ0n) is 13.2. The van der Waals surface area contributed by atoms with Crippen LogP contribution in [-0.4, -0.2) is 38.3 Å². The fourth-order valence-electron chi connectivity index (χ4n) is 1.80. The van der Waals surface area contributed by atoms with Gasteiger partial charge in [0.2, 0.25) is 0 Å². The highest BCUT2D eigenvalue weighted by molar-refractivity contribution is 5.13. The molecule has 22 heavy (non-hydrogen) atoms. The van der Waals surface area contributed by atoms with Gasteiger partial charge < -0.3 is 19.3 Å².